The van der Waals surface area contributed by atoms with Crippen molar-refractivity contribution in [1.29, 1.82) is 0 Å². The quantitative estimate of drug-likeness (QED) is 0.717. The monoisotopic (exact) mass is 166 g/mol. The van der Waals surface area contributed by atoms with Gasteiger partial charge in [0.1, 0.15) is 6.26 Å². The lowest BCUT2D eigenvalue weighted by atomic mass is 9.93. The highest BCUT2D eigenvalue weighted by Crippen LogP contribution is 2.16. The van der Waals surface area contributed by atoms with Crippen molar-refractivity contribution in [2.45, 2.75) is 19.3 Å². The maximum absolute atomic E-state index is 4.79. The predicted octanol–water partition coefficient (Wildman–Crippen LogP) is 1.22. The Morgan fingerprint density at radius 2 is 2.33 bits per heavy atom. The van der Waals surface area contributed by atoms with E-state index in [0.29, 0.717) is 0 Å². The van der Waals surface area contributed by atoms with Crippen molar-refractivity contribution < 1.29 is 4.52 Å². The van der Waals surface area contributed by atoms with E-state index in [1.54, 1.807) is 6.26 Å². The molecule has 1 aliphatic heterocycles. The first-order valence-electron chi connectivity index (χ1n) is 4.55. The summed E-state index contributed by atoms with van der Waals surface area (Å²) in [5.74, 6) is 0.802. The van der Waals surface area contributed by atoms with E-state index < -0.39 is 0 Å². The van der Waals surface area contributed by atoms with Crippen molar-refractivity contribution in [1.82, 2.24) is 10.5 Å². The number of hydrogen-bond donors (Lipinski definition) is 1. The lowest BCUT2D eigenvalue weighted by Crippen LogP contribution is -2.28. The van der Waals surface area contributed by atoms with Crippen molar-refractivity contribution in [2.24, 2.45) is 5.92 Å². The molecular weight excluding hydrogens is 152 g/mol. The molecule has 3 nitrogen and oxygen atoms in total. The third-order valence-corrected chi connectivity index (χ3v) is 2.45. The first kappa shape index (κ1) is 7.80. The van der Waals surface area contributed by atoms with E-state index in [2.05, 4.69) is 10.5 Å². The zero-order chi connectivity index (χ0) is 8.23. The molecule has 1 aromatic heterocycles. The normalized spacial score (nSPS) is 19.7. The lowest BCUT2D eigenvalue weighted by Gasteiger charge is -2.21. The minimum Gasteiger partial charge on any atom is -0.365 e. The Labute approximate surface area is 72.1 Å². The number of nitrogens with one attached hydrogen (secondary N) is 1. The minimum atomic E-state index is 0.802. The van der Waals surface area contributed by atoms with Crippen molar-refractivity contribution in [3.8, 4) is 0 Å². The van der Waals surface area contributed by atoms with Gasteiger partial charge in [-0.2, -0.15) is 0 Å². The second kappa shape index (κ2) is 3.72. The summed E-state index contributed by atoms with van der Waals surface area (Å²) < 4.78 is 4.79. The Bertz CT molecular complexity index is 214. The molecule has 0 bridgehead atoms. The molecule has 66 valence electrons. The van der Waals surface area contributed by atoms with Crippen molar-refractivity contribution >= 4 is 0 Å². The van der Waals surface area contributed by atoms with Gasteiger partial charge in [-0.15, -0.1) is 0 Å². The average molecular weight is 166 g/mol. The Morgan fingerprint density at radius 3 is 3.00 bits per heavy atom. The fraction of sp³-hybridized carbons (Fsp3) is 0.667. The molecule has 1 saturated heterocycles. The zero-order valence-corrected chi connectivity index (χ0v) is 7.12. The van der Waals surface area contributed by atoms with Crippen LogP contribution in [0.15, 0.2) is 16.9 Å². The van der Waals surface area contributed by atoms with Gasteiger partial charge >= 0.3 is 0 Å². The molecule has 0 radical (unpaired) electrons. The van der Waals surface area contributed by atoms with Crippen molar-refractivity contribution in [3.63, 3.8) is 0 Å². The molecular formula is C9H14N2O. The van der Waals surface area contributed by atoms with Gasteiger partial charge in [0, 0.05) is 6.07 Å². The van der Waals surface area contributed by atoms with Crippen LogP contribution < -0.4 is 5.32 Å². The van der Waals surface area contributed by atoms with Crippen molar-refractivity contribution in [2.75, 3.05) is 13.1 Å². The smallest absolute Gasteiger partial charge is 0.124 e. The Balaban J connectivity index is 1.86. The summed E-state index contributed by atoms with van der Waals surface area (Å²) in [5.41, 5.74) is 1.10. The van der Waals surface area contributed by atoms with E-state index in [-0.39, 0.29) is 0 Å². The van der Waals surface area contributed by atoms with E-state index in [1.807, 2.05) is 6.07 Å². The summed E-state index contributed by atoms with van der Waals surface area (Å²) >= 11 is 0. The molecule has 2 heterocycles. The second-order valence-corrected chi connectivity index (χ2v) is 3.39. The standard InChI is InChI=1S/C9H14N2O/c1-4-10-5-2-8(1)7-9-3-6-12-11-9/h3,6,8,10H,1-2,4-5,7H2. The molecule has 12 heavy (non-hydrogen) atoms. The summed E-state index contributed by atoms with van der Waals surface area (Å²) in [6.07, 6.45) is 5.27. The van der Waals surface area contributed by atoms with Gasteiger partial charge in [0.25, 0.3) is 0 Å². The second-order valence-electron chi connectivity index (χ2n) is 3.39. The fourth-order valence-electron chi connectivity index (χ4n) is 1.72. The summed E-state index contributed by atoms with van der Waals surface area (Å²) in [6, 6.07) is 1.96. The molecule has 3 heteroatoms. The Kier molecular flexibility index (Phi) is 2.42. The van der Waals surface area contributed by atoms with Crippen LogP contribution in [0.1, 0.15) is 18.5 Å². The highest BCUT2D eigenvalue weighted by atomic mass is 16.5. The molecule has 0 aromatic carbocycles. The average Bonchev–Trinajstić information content (AvgIpc) is 2.59. The van der Waals surface area contributed by atoms with E-state index in [1.165, 1.54) is 12.8 Å². The van der Waals surface area contributed by atoms with Crippen LogP contribution in [0.4, 0.5) is 0 Å². The summed E-state index contributed by atoms with van der Waals surface area (Å²) in [7, 11) is 0. The maximum atomic E-state index is 4.79. The van der Waals surface area contributed by atoms with Crippen LogP contribution in [0, 0.1) is 5.92 Å². The van der Waals surface area contributed by atoms with E-state index in [0.717, 1.165) is 31.1 Å². The van der Waals surface area contributed by atoms with Gasteiger partial charge in [0.05, 0.1) is 5.69 Å². The molecule has 1 N–H and O–H groups in total. The Morgan fingerprint density at radius 1 is 1.50 bits per heavy atom. The van der Waals surface area contributed by atoms with Crippen LogP contribution >= 0.6 is 0 Å². The van der Waals surface area contributed by atoms with Crippen LogP contribution in [0.25, 0.3) is 0 Å². The molecule has 0 unspecified atom stereocenters. The Hall–Kier alpha value is -0.830. The first-order chi connectivity index (χ1) is 5.95. The van der Waals surface area contributed by atoms with Gasteiger partial charge in [0.15, 0.2) is 0 Å². The van der Waals surface area contributed by atoms with Crippen LogP contribution in [0.3, 0.4) is 0 Å². The van der Waals surface area contributed by atoms with Crippen LogP contribution in [0.2, 0.25) is 0 Å². The maximum Gasteiger partial charge on any atom is 0.124 e. The highest BCUT2D eigenvalue weighted by molar-refractivity contribution is 4.97. The van der Waals surface area contributed by atoms with Crippen LogP contribution in [-0.2, 0) is 6.42 Å². The van der Waals surface area contributed by atoms with Gasteiger partial charge in [-0.05, 0) is 38.3 Å². The topological polar surface area (TPSA) is 38.1 Å². The molecule has 0 spiro atoms. The molecule has 0 atom stereocenters. The first-order valence-corrected chi connectivity index (χ1v) is 4.55. The molecule has 1 aromatic rings. The van der Waals surface area contributed by atoms with Gasteiger partial charge in [-0.25, -0.2) is 0 Å². The fourth-order valence-corrected chi connectivity index (χ4v) is 1.72. The molecule has 1 fully saturated rings. The zero-order valence-electron chi connectivity index (χ0n) is 7.12. The van der Waals surface area contributed by atoms with Gasteiger partial charge in [-0.1, -0.05) is 5.16 Å². The van der Waals surface area contributed by atoms with Crippen LogP contribution in [-0.4, -0.2) is 18.2 Å². The van der Waals surface area contributed by atoms with E-state index in [4.69, 9.17) is 4.52 Å². The third kappa shape index (κ3) is 1.85. The molecule has 0 amide bonds. The molecule has 1 aliphatic rings. The van der Waals surface area contributed by atoms with E-state index in [9.17, 15) is 0 Å². The number of piperidine rings is 1. The SMILES string of the molecule is c1cc(CC2CCNCC2)no1. The molecule has 2 rings (SSSR count). The lowest BCUT2D eigenvalue weighted by molar-refractivity contribution is 0.356. The number of hydrogen-bond acceptors (Lipinski definition) is 3. The number of nitrogens with zero attached hydrogens (tertiary/aromatic N) is 1. The molecule has 0 aliphatic carbocycles. The summed E-state index contributed by atoms with van der Waals surface area (Å²) in [5, 5.41) is 7.27. The van der Waals surface area contributed by atoms with Gasteiger partial charge in [0.2, 0.25) is 0 Å². The highest BCUT2D eigenvalue weighted by Gasteiger charge is 2.14. The summed E-state index contributed by atoms with van der Waals surface area (Å²) in [6.45, 7) is 2.31. The minimum absolute atomic E-state index is 0.802. The summed E-state index contributed by atoms with van der Waals surface area (Å²) in [4.78, 5) is 0. The van der Waals surface area contributed by atoms with Gasteiger partial charge in [-0.3, -0.25) is 0 Å². The van der Waals surface area contributed by atoms with Crippen LogP contribution in [0.5, 0.6) is 0 Å². The largest absolute Gasteiger partial charge is 0.365 e. The molecule has 0 saturated carbocycles. The van der Waals surface area contributed by atoms with E-state index >= 15 is 0 Å². The van der Waals surface area contributed by atoms with Crippen molar-refractivity contribution in [3.05, 3.63) is 18.0 Å². The predicted molar refractivity (Wildman–Crippen MR) is 45.8 cm³/mol. The van der Waals surface area contributed by atoms with Gasteiger partial charge < -0.3 is 9.84 Å². The number of rotatable bonds is 2. The third-order valence-electron chi connectivity index (χ3n) is 2.45. The number of aromatic nitrogens is 1.